The number of benzene rings is 2. The first-order valence-corrected chi connectivity index (χ1v) is 9.85. The minimum Gasteiger partial charge on any atom is -0.452 e. The number of carbonyl (C=O) groups is 2. The van der Waals surface area contributed by atoms with Gasteiger partial charge in [-0.2, -0.15) is 0 Å². The zero-order valence-electron chi connectivity index (χ0n) is 16.5. The molecule has 0 heterocycles. The maximum Gasteiger partial charge on any atom is 0.341 e. The van der Waals surface area contributed by atoms with E-state index in [1.165, 1.54) is 17.7 Å². The number of ether oxygens (including phenoxy) is 1. The van der Waals surface area contributed by atoms with E-state index in [4.69, 9.17) is 4.74 Å². The molecular formula is C20H23N3O5S. The van der Waals surface area contributed by atoms with E-state index in [0.29, 0.717) is 18.0 Å². The molecule has 8 nitrogen and oxygen atoms in total. The number of hydrogen-bond donors (Lipinski definition) is 1. The summed E-state index contributed by atoms with van der Waals surface area (Å²) in [6, 6.07) is 12.0. The molecule has 9 heteroatoms. The van der Waals surface area contributed by atoms with Crippen molar-refractivity contribution in [3.63, 3.8) is 0 Å². The molecule has 2 aromatic carbocycles. The number of aryl methyl sites for hydroxylation is 1. The second kappa shape index (κ2) is 10.5. The second-order valence-corrected chi connectivity index (χ2v) is 7.61. The average molecular weight is 417 g/mol. The summed E-state index contributed by atoms with van der Waals surface area (Å²) in [4.78, 5) is 37.4. The summed E-state index contributed by atoms with van der Waals surface area (Å²) in [6.07, 6.45) is 0. The van der Waals surface area contributed by atoms with Crippen molar-refractivity contribution in [3.05, 3.63) is 63.7 Å². The predicted octanol–water partition coefficient (Wildman–Crippen LogP) is 3.03. The number of nitro benzene ring substituents is 1. The van der Waals surface area contributed by atoms with Gasteiger partial charge in [-0.25, -0.2) is 4.79 Å². The summed E-state index contributed by atoms with van der Waals surface area (Å²) in [6.45, 7) is 1.99. The van der Waals surface area contributed by atoms with E-state index < -0.39 is 23.4 Å². The Morgan fingerprint density at radius 2 is 1.86 bits per heavy atom. The number of anilines is 1. The number of nitrogens with zero attached hydrogens (tertiary/aromatic N) is 2. The first-order valence-electron chi connectivity index (χ1n) is 8.87. The molecule has 0 bridgehead atoms. The lowest BCUT2D eigenvalue weighted by Crippen LogP contribution is -2.30. The molecule has 2 rings (SSSR count). The van der Waals surface area contributed by atoms with Crippen molar-refractivity contribution in [2.45, 2.75) is 11.8 Å². The van der Waals surface area contributed by atoms with Crippen LogP contribution in [0.4, 0.5) is 11.4 Å². The number of thioether (sulfide) groups is 1. The molecule has 0 atom stereocenters. The number of esters is 1. The van der Waals surface area contributed by atoms with Crippen molar-refractivity contribution in [2.75, 3.05) is 37.9 Å². The van der Waals surface area contributed by atoms with Crippen LogP contribution in [-0.2, 0) is 9.53 Å². The molecule has 1 amide bonds. The van der Waals surface area contributed by atoms with Gasteiger partial charge in [0, 0.05) is 43.4 Å². The van der Waals surface area contributed by atoms with Crippen molar-refractivity contribution in [2.24, 2.45) is 0 Å². The molecule has 0 radical (unpaired) electrons. The fourth-order valence-corrected chi connectivity index (χ4v) is 3.21. The van der Waals surface area contributed by atoms with Crippen LogP contribution in [0.1, 0.15) is 15.9 Å². The van der Waals surface area contributed by atoms with Crippen LogP contribution in [0.5, 0.6) is 0 Å². The molecule has 0 aliphatic carbocycles. The smallest absolute Gasteiger partial charge is 0.341 e. The van der Waals surface area contributed by atoms with Crippen LogP contribution >= 0.6 is 11.8 Å². The van der Waals surface area contributed by atoms with Crippen molar-refractivity contribution in [3.8, 4) is 0 Å². The minimum atomic E-state index is -0.790. The molecule has 0 spiro atoms. The van der Waals surface area contributed by atoms with Gasteiger partial charge in [-0.15, -0.1) is 11.8 Å². The highest BCUT2D eigenvalue weighted by Crippen LogP contribution is 2.25. The third-order valence-electron chi connectivity index (χ3n) is 3.94. The van der Waals surface area contributed by atoms with Crippen molar-refractivity contribution < 1.29 is 19.2 Å². The van der Waals surface area contributed by atoms with Gasteiger partial charge in [-0.3, -0.25) is 14.9 Å². The zero-order chi connectivity index (χ0) is 21.4. The number of rotatable bonds is 9. The molecule has 0 aliphatic rings. The summed E-state index contributed by atoms with van der Waals surface area (Å²) < 4.78 is 5.04. The van der Waals surface area contributed by atoms with Gasteiger partial charge in [0.1, 0.15) is 0 Å². The Morgan fingerprint density at radius 1 is 1.17 bits per heavy atom. The maximum atomic E-state index is 12.3. The van der Waals surface area contributed by atoms with Crippen molar-refractivity contribution in [1.82, 2.24) is 5.32 Å². The molecule has 0 unspecified atom stereocenters. The summed E-state index contributed by atoms with van der Waals surface area (Å²) in [5.74, 6) is -0.542. The van der Waals surface area contributed by atoms with Gasteiger partial charge < -0.3 is 15.0 Å². The summed E-state index contributed by atoms with van der Waals surface area (Å²) in [5.41, 5.74) is 1.47. The molecule has 0 aromatic heterocycles. The van der Waals surface area contributed by atoms with Crippen molar-refractivity contribution >= 4 is 35.0 Å². The number of nitro groups is 1. The Hall–Kier alpha value is -3.07. The van der Waals surface area contributed by atoms with Crippen LogP contribution in [0, 0.1) is 17.0 Å². The Labute approximate surface area is 173 Å². The first-order chi connectivity index (χ1) is 13.8. The Balaban J connectivity index is 1.83. The Kier molecular flexibility index (Phi) is 8.02. The molecule has 0 saturated heterocycles. The maximum absolute atomic E-state index is 12.3. The molecule has 0 fully saturated rings. The lowest BCUT2D eigenvalue weighted by atomic mass is 10.1. The summed E-state index contributed by atoms with van der Waals surface area (Å²) in [5, 5.41) is 13.6. The lowest BCUT2D eigenvalue weighted by Gasteiger charge is -2.16. The molecule has 0 aliphatic heterocycles. The SMILES string of the molecule is Cc1ccc(SCCNC(=O)COC(=O)c2cc([N+](=O)[O-])ccc2N(C)C)cc1. The minimum absolute atomic E-state index is 0.0342. The highest BCUT2D eigenvalue weighted by molar-refractivity contribution is 7.99. The van der Waals surface area contributed by atoms with Gasteiger partial charge >= 0.3 is 5.97 Å². The topological polar surface area (TPSA) is 102 Å². The third kappa shape index (κ3) is 6.79. The van der Waals surface area contributed by atoms with Gasteiger partial charge in [0.05, 0.1) is 16.2 Å². The molecule has 154 valence electrons. The molecule has 29 heavy (non-hydrogen) atoms. The van der Waals surface area contributed by atoms with Crippen LogP contribution in [0.15, 0.2) is 47.4 Å². The quantitative estimate of drug-likeness (QED) is 0.220. The second-order valence-electron chi connectivity index (χ2n) is 6.44. The summed E-state index contributed by atoms with van der Waals surface area (Å²) >= 11 is 1.61. The fraction of sp³-hybridized carbons (Fsp3) is 0.300. The van der Waals surface area contributed by atoms with Crippen LogP contribution in [0.3, 0.4) is 0 Å². The predicted molar refractivity (Wildman–Crippen MR) is 113 cm³/mol. The summed E-state index contributed by atoms with van der Waals surface area (Å²) in [7, 11) is 3.41. The average Bonchev–Trinajstić information content (AvgIpc) is 2.70. The Bertz CT molecular complexity index is 884. The van der Waals surface area contributed by atoms with E-state index in [9.17, 15) is 19.7 Å². The fourth-order valence-electron chi connectivity index (χ4n) is 2.44. The van der Waals surface area contributed by atoms with Gasteiger partial charge in [0.2, 0.25) is 0 Å². The normalized spacial score (nSPS) is 10.3. The highest BCUT2D eigenvalue weighted by atomic mass is 32.2. The van der Waals surface area contributed by atoms with Crippen LogP contribution < -0.4 is 10.2 Å². The molecule has 0 saturated carbocycles. The number of carbonyl (C=O) groups excluding carboxylic acids is 2. The number of hydrogen-bond acceptors (Lipinski definition) is 7. The van der Waals surface area contributed by atoms with Crippen LogP contribution in [0.25, 0.3) is 0 Å². The standard InChI is InChI=1S/C20H23N3O5S/c1-14-4-7-16(8-5-14)29-11-10-21-19(24)13-28-20(25)17-12-15(23(26)27)6-9-18(17)22(2)3/h4-9,12H,10-11,13H2,1-3H3,(H,21,24). The number of amides is 1. The Morgan fingerprint density at radius 3 is 2.48 bits per heavy atom. The van der Waals surface area contributed by atoms with E-state index >= 15 is 0 Å². The van der Waals surface area contributed by atoms with E-state index in [2.05, 4.69) is 5.32 Å². The van der Waals surface area contributed by atoms with E-state index in [-0.39, 0.29) is 11.3 Å². The largest absolute Gasteiger partial charge is 0.452 e. The molecular weight excluding hydrogens is 394 g/mol. The third-order valence-corrected chi connectivity index (χ3v) is 4.95. The van der Waals surface area contributed by atoms with Gasteiger partial charge in [0.25, 0.3) is 11.6 Å². The van der Waals surface area contributed by atoms with E-state index in [0.717, 1.165) is 11.0 Å². The molecule has 2 aromatic rings. The van der Waals surface area contributed by atoms with Gasteiger partial charge in [-0.1, -0.05) is 17.7 Å². The van der Waals surface area contributed by atoms with E-state index in [1.54, 1.807) is 30.8 Å². The highest BCUT2D eigenvalue weighted by Gasteiger charge is 2.20. The van der Waals surface area contributed by atoms with Gasteiger partial charge in [0.15, 0.2) is 6.61 Å². The van der Waals surface area contributed by atoms with Crippen LogP contribution in [0.2, 0.25) is 0 Å². The monoisotopic (exact) mass is 417 g/mol. The first kappa shape index (κ1) is 22.2. The lowest BCUT2D eigenvalue weighted by molar-refractivity contribution is -0.384. The number of non-ortho nitro benzene ring substituents is 1. The van der Waals surface area contributed by atoms with Crippen molar-refractivity contribution in [1.29, 1.82) is 0 Å². The zero-order valence-corrected chi connectivity index (χ0v) is 17.3. The molecule has 1 N–H and O–H groups in total. The van der Waals surface area contributed by atoms with Gasteiger partial charge in [-0.05, 0) is 25.1 Å². The van der Waals surface area contributed by atoms with Crippen LogP contribution in [-0.4, -0.2) is 49.8 Å². The number of nitrogens with one attached hydrogen (secondary N) is 1. The van der Waals surface area contributed by atoms with E-state index in [1.807, 2.05) is 31.2 Å².